The zero-order valence-corrected chi connectivity index (χ0v) is 10.4. The standard InChI is InChI=1S/C11H15F3N2S/c1-10(4-2-3-5-10)8(15)7-6-16-9(17-7)11(12,13)14/h6,8H,2-5,15H2,1H3. The van der Waals surface area contributed by atoms with Crippen molar-refractivity contribution >= 4 is 11.3 Å². The van der Waals surface area contributed by atoms with Crippen molar-refractivity contribution in [3.8, 4) is 0 Å². The monoisotopic (exact) mass is 264 g/mol. The van der Waals surface area contributed by atoms with Crippen LogP contribution in [-0.4, -0.2) is 4.98 Å². The van der Waals surface area contributed by atoms with E-state index in [2.05, 4.69) is 11.9 Å². The maximum absolute atomic E-state index is 12.4. The lowest BCUT2D eigenvalue weighted by molar-refractivity contribution is -0.137. The van der Waals surface area contributed by atoms with Gasteiger partial charge in [-0.1, -0.05) is 19.8 Å². The molecule has 1 heterocycles. The molecule has 2 nitrogen and oxygen atoms in total. The molecule has 96 valence electrons. The van der Waals surface area contributed by atoms with E-state index < -0.39 is 11.2 Å². The van der Waals surface area contributed by atoms with Crippen LogP contribution in [0.25, 0.3) is 0 Å². The van der Waals surface area contributed by atoms with Crippen molar-refractivity contribution < 1.29 is 13.2 Å². The largest absolute Gasteiger partial charge is 0.443 e. The number of hydrogen-bond acceptors (Lipinski definition) is 3. The van der Waals surface area contributed by atoms with Crippen molar-refractivity contribution in [2.24, 2.45) is 11.1 Å². The summed E-state index contributed by atoms with van der Waals surface area (Å²) in [6, 6.07) is -0.335. The molecule has 1 fully saturated rings. The molecule has 0 amide bonds. The van der Waals surface area contributed by atoms with Gasteiger partial charge in [-0.05, 0) is 18.3 Å². The van der Waals surface area contributed by atoms with Gasteiger partial charge in [-0.2, -0.15) is 13.2 Å². The Hall–Kier alpha value is -0.620. The molecule has 0 spiro atoms. The summed E-state index contributed by atoms with van der Waals surface area (Å²) in [5.74, 6) is 0. The molecule has 1 aliphatic rings. The average molecular weight is 264 g/mol. The number of rotatable bonds is 2. The fourth-order valence-corrected chi connectivity index (χ4v) is 3.36. The minimum Gasteiger partial charge on any atom is -0.323 e. The number of hydrogen-bond donors (Lipinski definition) is 1. The van der Waals surface area contributed by atoms with E-state index in [0.29, 0.717) is 16.2 Å². The van der Waals surface area contributed by atoms with Crippen LogP contribution < -0.4 is 5.73 Å². The first kappa shape index (κ1) is 12.8. The minimum atomic E-state index is -4.36. The first-order chi connectivity index (χ1) is 7.83. The molecule has 1 aromatic rings. The van der Waals surface area contributed by atoms with Crippen molar-refractivity contribution in [3.63, 3.8) is 0 Å². The second-order valence-electron chi connectivity index (χ2n) is 4.90. The third-order valence-corrected chi connectivity index (χ3v) is 4.69. The van der Waals surface area contributed by atoms with Gasteiger partial charge in [-0.15, -0.1) is 11.3 Å². The highest BCUT2D eigenvalue weighted by Gasteiger charge is 2.39. The zero-order valence-electron chi connectivity index (χ0n) is 9.55. The summed E-state index contributed by atoms with van der Waals surface area (Å²) in [5.41, 5.74) is 6.02. The third-order valence-electron chi connectivity index (χ3n) is 3.57. The van der Waals surface area contributed by atoms with E-state index in [-0.39, 0.29) is 11.5 Å². The highest BCUT2D eigenvalue weighted by Crippen LogP contribution is 2.47. The predicted molar refractivity (Wildman–Crippen MR) is 60.6 cm³/mol. The molecule has 1 aromatic heterocycles. The van der Waals surface area contributed by atoms with Gasteiger partial charge in [0, 0.05) is 17.1 Å². The van der Waals surface area contributed by atoms with Gasteiger partial charge in [-0.3, -0.25) is 0 Å². The molecule has 0 aliphatic heterocycles. The van der Waals surface area contributed by atoms with E-state index in [9.17, 15) is 13.2 Å². The number of nitrogens with zero attached hydrogens (tertiary/aromatic N) is 1. The molecule has 1 unspecified atom stereocenters. The maximum Gasteiger partial charge on any atom is 0.443 e. The Balaban J connectivity index is 2.20. The van der Waals surface area contributed by atoms with Crippen LogP contribution in [0.5, 0.6) is 0 Å². The molecule has 2 rings (SSSR count). The zero-order chi connectivity index (χ0) is 12.7. The van der Waals surface area contributed by atoms with E-state index in [1.165, 1.54) is 6.20 Å². The molecular formula is C11H15F3N2S. The topological polar surface area (TPSA) is 38.9 Å². The normalized spacial score (nSPS) is 21.7. The molecule has 0 saturated heterocycles. The molecule has 1 aliphatic carbocycles. The molecule has 0 radical (unpaired) electrons. The summed E-state index contributed by atoms with van der Waals surface area (Å²) >= 11 is 0.672. The predicted octanol–water partition coefficient (Wildman–Crippen LogP) is 3.74. The van der Waals surface area contributed by atoms with Crippen LogP contribution in [0.1, 0.15) is 48.5 Å². The third kappa shape index (κ3) is 2.47. The van der Waals surface area contributed by atoms with Crippen LogP contribution in [-0.2, 0) is 6.18 Å². The van der Waals surface area contributed by atoms with Crippen LogP contribution in [0.15, 0.2) is 6.20 Å². The van der Waals surface area contributed by atoms with E-state index in [1.54, 1.807) is 0 Å². The Kier molecular flexibility index (Phi) is 3.20. The maximum atomic E-state index is 12.4. The molecule has 6 heteroatoms. The number of nitrogens with two attached hydrogens (primary N) is 1. The Bertz CT molecular complexity index is 394. The Morgan fingerprint density at radius 2 is 2.00 bits per heavy atom. The molecule has 0 bridgehead atoms. The number of alkyl halides is 3. The van der Waals surface area contributed by atoms with Gasteiger partial charge < -0.3 is 5.73 Å². The molecule has 0 aromatic carbocycles. The van der Waals surface area contributed by atoms with Crippen LogP contribution in [0.3, 0.4) is 0 Å². The van der Waals surface area contributed by atoms with Gasteiger partial charge in [0.05, 0.1) is 0 Å². The lowest BCUT2D eigenvalue weighted by atomic mass is 9.80. The van der Waals surface area contributed by atoms with E-state index in [0.717, 1.165) is 25.7 Å². The van der Waals surface area contributed by atoms with Gasteiger partial charge in [0.15, 0.2) is 5.01 Å². The Labute approximate surface area is 102 Å². The van der Waals surface area contributed by atoms with E-state index in [4.69, 9.17) is 5.73 Å². The molecular weight excluding hydrogens is 249 g/mol. The van der Waals surface area contributed by atoms with Gasteiger partial charge in [0.1, 0.15) is 0 Å². The first-order valence-corrected chi connectivity index (χ1v) is 6.43. The molecule has 1 atom stereocenters. The van der Waals surface area contributed by atoms with Crippen molar-refractivity contribution in [2.45, 2.75) is 44.8 Å². The lowest BCUT2D eigenvalue weighted by Gasteiger charge is -2.30. The summed E-state index contributed by atoms with van der Waals surface area (Å²) in [6.45, 7) is 2.05. The van der Waals surface area contributed by atoms with Crippen LogP contribution >= 0.6 is 11.3 Å². The van der Waals surface area contributed by atoms with E-state index >= 15 is 0 Å². The molecule has 17 heavy (non-hydrogen) atoms. The van der Waals surface area contributed by atoms with Gasteiger partial charge in [-0.25, -0.2) is 4.98 Å². The first-order valence-electron chi connectivity index (χ1n) is 5.61. The average Bonchev–Trinajstić information content (AvgIpc) is 2.84. The van der Waals surface area contributed by atoms with Gasteiger partial charge >= 0.3 is 6.18 Å². The lowest BCUT2D eigenvalue weighted by Crippen LogP contribution is -2.28. The Morgan fingerprint density at radius 1 is 1.41 bits per heavy atom. The SMILES string of the molecule is CC1(C(N)c2cnc(C(F)(F)F)s2)CCCC1. The second kappa shape index (κ2) is 4.24. The summed E-state index contributed by atoms with van der Waals surface area (Å²) in [5, 5.41) is -0.801. The van der Waals surface area contributed by atoms with Crippen molar-refractivity contribution in [2.75, 3.05) is 0 Å². The number of thiazole rings is 1. The van der Waals surface area contributed by atoms with Crippen LogP contribution in [0.2, 0.25) is 0 Å². The minimum absolute atomic E-state index is 0.0740. The summed E-state index contributed by atoms with van der Waals surface area (Å²) in [6.07, 6.45) is 1.09. The fourth-order valence-electron chi connectivity index (χ4n) is 2.40. The summed E-state index contributed by atoms with van der Waals surface area (Å²) in [7, 11) is 0. The van der Waals surface area contributed by atoms with Crippen LogP contribution in [0.4, 0.5) is 13.2 Å². The fraction of sp³-hybridized carbons (Fsp3) is 0.727. The Morgan fingerprint density at radius 3 is 2.47 bits per heavy atom. The number of aromatic nitrogens is 1. The van der Waals surface area contributed by atoms with Crippen LogP contribution in [0, 0.1) is 5.41 Å². The van der Waals surface area contributed by atoms with Gasteiger partial charge in [0.25, 0.3) is 0 Å². The van der Waals surface area contributed by atoms with Gasteiger partial charge in [0.2, 0.25) is 0 Å². The van der Waals surface area contributed by atoms with Crippen molar-refractivity contribution in [3.05, 3.63) is 16.1 Å². The second-order valence-corrected chi connectivity index (χ2v) is 5.97. The van der Waals surface area contributed by atoms with Crippen molar-refractivity contribution in [1.29, 1.82) is 0 Å². The summed E-state index contributed by atoms with van der Waals surface area (Å²) in [4.78, 5) is 3.97. The highest BCUT2D eigenvalue weighted by molar-refractivity contribution is 7.11. The van der Waals surface area contributed by atoms with E-state index in [1.807, 2.05) is 0 Å². The number of halogens is 3. The molecule has 2 N–H and O–H groups in total. The molecule has 1 saturated carbocycles. The smallest absolute Gasteiger partial charge is 0.323 e. The highest BCUT2D eigenvalue weighted by atomic mass is 32.1. The van der Waals surface area contributed by atoms with Crippen molar-refractivity contribution in [1.82, 2.24) is 4.98 Å². The summed E-state index contributed by atoms with van der Waals surface area (Å²) < 4.78 is 37.3. The quantitative estimate of drug-likeness (QED) is 0.883.